The number of benzene rings is 3. The van der Waals surface area contributed by atoms with E-state index in [1.165, 1.54) is 0 Å². The number of pyridine rings is 1. The molecule has 5 rings (SSSR count). The minimum Gasteiger partial charge on any atom is -0.456 e. The molecule has 5 heteroatoms. The molecule has 150 valence electrons. The van der Waals surface area contributed by atoms with Crippen molar-refractivity contribution < 1.29 is 9.53 Å². The van der Waals surface area contributed by atoms with E-state index in [0.717, 1.165) is 53.7 Å². The molecule has 0 aliphatic carbocycles. The summed E-state index contributed by atoms with van der Waals surface area (Å²) in [4.78, 5) is 22.5. The van der Waals surface area contributed by atoms with E-state index >= 15 is 0 Å². The Balaban J connectivity index is 1.70. The smallest absolute Gasteiger partial charge is 0.254 e. The topological polar surface area (TPSA) is 45.7 Å². The van der Waals surface area contributed by atoms with Crippen LogP contribution in [0.15, 0.2) is 72.8 Å². The van der Waals surface area contributed by atoms with E-state index in [2.05, 4.69) is 11.9 Å². The zero-order chi connectivity index (χ0) is 20.5. The summed E-state index contributed by atoms with van der Waals surface area (Å²) in [6.45, 7) is 3.21. The molecule has 5 nitrogen and oxygen atoms in total. The Labute approximate surface area is 175 Å². The molecule has 1 fully saturated rings. The Morgan fingerprint density at radius 2 is 1.53 bits per heavy atom. The number of aromatic nitrogens is 1. The van der Waals surface area contributed by atoms with Crippen LogP contribution in [0.1, 0.15) is 10.4 Å². The number of rotatable bonds is 3. The van der Waals surface area contributed by atoms with Crippen molar-refractivity contribution in [1.82, 2.24) is 14.8 Å². The second-order valence-electron chi connectivity index (χ2n) is 7.67. The van der Waals surface area contributed by atoms with Crippen LogP contribution in [-0.2, 0) is 0 Å². The van der Waals surface area contributed by atoms with E-state index in [4.69, 9.17) is 9.72 Å². The van der Waals surface area contributed by atoms with Crippen LogP contribution in [0.4, 0.5) is 0 Å². The number of amides is 1. The first-order valence-corrected chi connectivity index (χ1v) is 10.2. The van der Waals surface area contributed by atoms with Gasteiger partial charge in [-0.1, -0.05) is 36.4 Å². The van der Waals surface area contributed by atoms with Gasteiger partial charge in [-0.25, -0.2) is 4.98 Å². The first-order valence-electron chi connectivity index (χ1n) is 10.2. The number of ether oxygens (including phenoxy) is 1. The number of para-hydroxylation sites is 2. The maximum atomic E-state index is 13.5. The number of nitrogens with zero attached hydrogens (tertiary/aromatic N) is 3. The quantitative estimate of drug-likeness (QED) is 0.475. The van der Waals surface area contributed by atoms with Gasteiger partial charge in [-0.15, -0.1) is 0 Å². The first-order chi connectivity index (χ1) is 14.7. The van der Waals surface area contributed by atoms with Crippen molar-refractivity contribution in [2.45, 2.75) is 0 Å². The van der Waals surface area contributed by atoms with Gasteiger partial charge in [0, 0.05) is 31.6 Å². The van der Waals surface area contributed by atoms with Crippen LogP contribution in [0.2, 0.25) is 0 Å². The first kappa shape index (κ1) is 18.6. The van der Waals surface area contributed by atoms with Crippen molar-refractivity contribution in [2.24, 2.45) is 0 Å². The summed E-state index contributed by atoms with van der Waals surface area (Å²) in [5, 5.41) is 1.66. The van der Waals surface area contributed by atoms with Crippen LogP contribution in [-0.4, -0.2) is 53.9 Å². The van der Waals surface area contributed by atoms with Gasteiger partial charge in [0.1, 0.15) is 11.5 Å². The summed E-state index contributed by atoms with van der Waals surface area (Å²) in [5.74, 6) is 1.44. The standard InChI is InChI=1S/C25H23N3O2/c1-27-14-16-28(17-15-27)25(29)20-11-7-13-22-23(20)24(30-18-8-3-2-4-9-18)19-10-5-6-12-21(19)26-22/h2-13H,14-17H2,1H3. The highest BCUT2D eigenvalue weighted by atomic mass is 16.5. The molecule has 1 aliphatic heterocycles. The van der Waals surface area contributed by atoms with E-state index in [0.29, 0.717) is 11.3 Å². The van der Waals surface area contributed by atoms with Crippen molar-refractivity contribution in [2.75, 3.05) is 33.2 Å². The van der Waals surface area contributed by atoms with Crippen LogP contribution in [0, 0.1) is 0 Å². The third-order valence-corrected chi connectivity index (χ3v) is 5.64. The molecule has 4 aromatic rings. The lowest BCUT2D eigenvalue weighted by atomic mass is 10.0. The Morgan fingerprint density at radius 3 is 2.33 bits per heavy atom. The van der Waals surface area contributed by atoms with Gasteiger partial charge in [0.25, 0.3) is 5.91 Å². The summed E-state index contributed by atoms with van der Waals surface area (Å²) < 4.78 is 6.38. The predicted octanol–water partition coefficient (Wildman–Crippen LogP) is 4.57. The molecule has 1 aromatic heterocycles. The highest BCUT2D eigenvalue weighted by Crippen LogP contribution is 2.38. The number of piperazine rings is 1. The fraction of sp³-hybridized carbons (Fsp3) is 0.200. The van der Waals surface area contributed by atoms with Crippen LogP contribution in [0.3, 0.4) is 0 Å². The van der Waals surface area contributed by atoms with Gasteiger partial charge < -0.3 is 14.5 Å². The van der Waals surface area contributed by atoms with Crippen molar-refractivity contribution in [3.05, 3.63) is 78.4 Å². The van der Waals surface area contributed by atoms with Gasteiger partial charge in [0.15, 0.2) is 0 Å². The number of carbonyl (C=O) groups is 1. The molecular weight excluding hydrogens is 374 g/mol. The molecule has 1 amide bonds. The Kier molecular flexibility index (Phi) is 4.81. The lowest BCUT2D eigenvalue weighted by molar-refractivity contribution is 0.0666. The van der Waals surface area contributed by atoms with E-state index < -0.39 is 0 Å². The molecule has 0 saturated carbocycles. The minimum absolute atomic E-state index is 0.0312. The maximum absolute atomic E-state index is 13.5. The zero-order valence-corrected chi connectivity index (χ0v) is 16.9. The SMILES string of the molecule is CN1CCN(C(=O)c2cccc3nc4ccccc4c(Oc4ccccc4)c23)CC1. The molecule has 30 heavy (non-hydrogen) atoms. The second kappa shape index (κ2) is 7.76. The largest absolute Gasteiger partial charge is 0.456 e. The van der Waals surface area contributed by atoms with Gasteiger partial charge in [-0.2, -0.15) is 0 Å². The normalized spacial score (nSPS) is 14.9. The predicted molar refractivity (Wildman–Crippen MR) is 119 cm³/mol. The number of hydrogen-bond acceptors (Lipinski definition) is 4. The monoisotopic (exact) mass is 397 g/mol. The molecule has 3 aromatic carbocycles. The molecule has 0 radical (unpaired) electrons. The molecule has 0 spiro atoms. The Hall–Kier alpha value is -3.44. The molecule has 0 unspecified atom stereocenters. The minimum atomic E-state index is 0.0312. The molecule has 0 atom stereocenters. The highest BCUT2D eigenvalue weighted by Gasteiger charge is 2.24. The number of fused-ring (bicyclic) bond motifs is 2. The fourth-order valence-electron chi connectivity index (χ4n) is 3.97. The fourth-order valence-corrected chi connectivity index (χ4v) is 3.97. The summed E-state index contributed by atoms with van der Waals surface area (Å²) in [6, 6.07) is 23.3. The molecule has 1 saturated heterocycles. The van der Waals surface area contributed by atoms with Gasteiger partial charge in [0.2, 0.25) is 0 Å². The molecule has 0 N–H and O–H groups in total. The van der Waals surface area contributed by atoms with Crippen LogP contribution in [0.5, 0.6) is 11.5 Å². The van der Waals surface area contributed by atoms with Gasteiger partial charge >= 0.3 is 0 Å². The highest BCUT2D eigenvalue weighted by molar-refractivity contribution is 6.12. The molecule has 2 heterocycles. The summed E-state index contributed by atoms with van der Waals surface area (Å²) in [7, 11) is 2.08. The van der Waals surface area contributed by atoms with E-state index in [1.54, 1.807) is 0 Å². The second-order valence-corrected chi connectivity index (χ2v) is 7.67. The van der Waals surface area contributed by atoms with E-state index in [1.807, 2.05) is 77.7 Å². The summed E-state index contributed by atoms with van der Waals surface area (Å²) in [5.41, 5.74) is 2.25. The maximum Gasteiger partial charge on any atom is 0.254 e. The number of hydrogen-bond donors (Lipinski definition) is 0. The number of carbonyl (C=O) groups excluding carboxylic acids is 1. The lowest BCUT2D eigenvalue weighted by Gasteiger charge is -2.32. The van der Waals surface area contributed by atoms with Crippen molar-refractivity contribution in [3.63, 3.8) is 0 Å². The zero-order valence-electron chi connectivity index (χ0n) is 16.9. The van der Waals surface area contributed by atoms with Gasteiger partial charge in [-0.3, -0.25) is 4.79 Å². The van der Waals surface area contributed by atoms with Crippen LogP contribution < -0.4 is 4.74 Å². The average Bonchev–Trinajstić information content (AvgIpc) is 2.79. The van der Waals surface area contributed by atoms with Gasteiger partial charge in [-0.05, 0) is 43.4 Å². The molecule has 0 bridgehead atoms. The lowest BCUT2D eigenvalue weighted by Crippen LogP contribution is -2.47. The Bertz CT molecular complexity index is 1220. The van der Waals surface area contributed by atoms with Crippen LogP contribution >= 0.6 is 0 Å². The van der Waals surface area contributed by atoms with Crippen molar-refractivity contribution in [1.29, 1.82) is 0 Å². The molecule has 1 aliphatic rings. The third kappa shape index (κ3) is 3.37. The summed E-state index contributed by atoms with van der Waals surface area (Å²) >= 11 is 0. The number of likely N-dealkylation sites (N-methyl/N-ethyl adjacent to an activating group) is 1. The van der Waals surface area contributed by atoms with Crippen molar-refractivity contribution >= 4 is 27.7 Å². The van der Waals surface area contributed by atoms with Crippen LogP contribution in [0.25, 0.3) is 21.8 Å². The van der Waals surface area contributed by atoms with E-state index in [-0.39, 0.29) is 5.91 Å². The summed E-state index contributed by atoms with van der Waals surface area (Å²) in [6.07, 6.45) is 0. The third-order valence-electron chi connectivity index (χ3n) is 5.64. The van der Waals surface area contributed by atoms with Gasteiger partial charge in [0.05, 0.1) is 22.0 Å². The van der Waals surface area contributed by atoms with Crippen molar-refractivity contribution in [3.8, 4) is 11.5 Å². The Morgan fingerprint density at radius 1 is 0.833 bits per heavy atom. The van der Waals surface area contributed by atoms with E-state index in [9.17, 15) is 4.79 Å². The molecular formula is C25H23N3O2. The average molecular weight is 397 g/mol.